The molecule has 1 N–H and O–H groups in total. The summed E-state index contributed by atoms with van der Waals surface area (Å²) in [5, 5.41) is 3.18. The Morgan fingerprint density at radius 2 is 2.04 bits per heavy atom. The summed E-state index contributed by atoms with van der Waals surface area (Å²) in [7, 11) is 0. The first kappa shape index (κ1) is 18.7. The second kappa shape index (κ2) is 7.09. The summed E-state index contributed by atoms with van der Waals surface area (Å²) in [6.45, 7) is 5.94. The van der Waals surface area contributed by atoms with E-state index in [1.54, 1.807) is 0 Å². The summed E-state index contributed by atoms with van der Waals surface area (Å²) >= 11 is 1.32. The van der Waals surface area contributed by atoms with Gasteiger partial charge in [-0.1, -0.05) is 24.2 Å². The number of carbonyl (C=O) groups is 3. The van der Waals surface area contributed by atoms with Crippen LogP contribution in [0, 0.1) is 12.8 Å². The molecule has 1 saturated carbocycles. The Bertz CT molecular complexity index is 994. The Kier molecular flexibility index (Phi) is 4.74. The minimum absolute atomic E-state index is 0.0974. The van der Waals surface area contributed by atoms with E-state index in [1.165, 1.54) is 38.0 Å². The summed E-state index contributed by atoms with van der Waals surface area (Å²) < 4.78 is 0. The zero-order chi connectivity index (χ0) is 20.0. The van der Waals surface area contributed by atoms with Crippen LogP contribution in [0.2, 0.25) is 0 Å². The first-order valence-electron chi connectivity index (χ1n) is 9.43. The van der Waals surface area contributed by atoms with E-state index >= 15 is 0 Å². The number of pyridine rings is 1. The highest BCUT2D eigenvalue weighted by atomic mass is 32.1. The predicted molar refractivity (Wildman–Crippen MR) is 106 cm³/mol. The molecule has 8 heteroatoms. The average Bonchev–Trinajstić information content (AvgIpc) is 3.31. The fourth-order valence-electron chi connectivity index (χ4n) is 3.53. The largest absolute Gasteiger partial charge is 0.334 e. The van der Waals surface area contributed by atoms with Gasteiger partial charge in [-0.25, -0.2) is 9.97 Å². The van der Waals surface area contributed by atoms with Gasteiger partial charge in [-0.05, 0) is 30.9 Å². The minimum Gasteiger partial charge on any atom is -0.334 e. The molecule has 0 spiro atoms. The highest BCUT2D eigenvalue weighted by Gasteiger charge is 2.34. The number of Topliss-reactive ketones (excluding diaryl/α,β-unsaturated/α-hetero) is 1. The van der Waals surface area contributed by atoms with Crippen molar-refractivity contribution in [1.82, 2.24) is 14.9 Å². The van der Waals surface area contributed by atoms with Crippen LogP contribution in [0.1, 0.15) is 65.2 Å². The Morgan fingerprint density at radius 3 is 2.68 bits per heavy atom. The third kappa shape index (κ3) is 3.56. The molecular formula is C20H22N4O3S. The number of ketones is 1. The van der Waals surface area contributed by atoms with Gasteiger partial charge in [0, 0.05) is 26.9 Å². The molecular weight excluding hydrogens is 376 g/mol. The molecule has 3 heterocycles. The van der Waals surface area contributed by atoms with Gasteiger partial charge in [0.05, 0.1) is 21.8 Å². The molecule has 146 valence electrons. The average molecular weight is 398 g/mol. The van der Waals surface area contributed by atoms with Gasteiger partial charge in [0.2, 0.25) is 5.91 Å². The smallest absolute Gasteiger partial charge is 0.256 e. The first-order chi connectivity index (χ1) is 13.3. The Labute approximate surface area is 167 Å². The topological polar surface area (TPSA) is 92.3 Å². The van der Waals surface area contributed by atoms with E-state index in [9.17, 15) is 14.4 Å². The lowest BCUT2D eigenvalue weighted by atomic mass is 10.0. The highest BCUT2D eigenvalue weighted by Crippen LogP contribution is 2.37. The fraction of sp³-hybridized carbons (Fsp3) is 0.450. The number of nitrogens with zero attached hydrogens (tertiary/aromatic N) is 3. The van der Waals surface area contributed by atoms with E-state index in [-0.39, 0.29) is 23.3 Å². The molecule has 1 fully saturated rings. The van der Waals surface area contributed by atoms with Gasteiger partial charge in [0.25, 0.3) is 5.91 Å². The molecule has 0 radical (unpaired) electrons. The van der Waals surface area contributed by atoms with Crippen LogP contribution >= 0.6 is 11.3 Å². The molecule has 4 rings (SSSR count). The number of anilines is 1. The number of aryl methyl sites for hydroxylation is 1. The molecule has 0 unspecified atom stereocenters. The van der Waals surface area contributed by atoms with Gasteiger partial charge < -0.3 is 10.2 Å². The molecule has 1 aliphatic heterocycles. The number of fused-ring (bicyclic) bond motifs is 1. The van der Waals surface area contributed by atoms with Gasteiger partial charge in [0.1, 0.15) is 5.69 Å². The van der Waals surface area contributed by atoms with Gasteiger partial charge in [-0.2, -0.15) is 0 Å². The SMILES string of the molecule is CC(=O)Nc1nc(C)c(-c2cc3c(c(C(C)=O)n2)C(=O)N(CCC2CC2)C3)s1. The van der Waals surface area contributed by atoms with Crippen molar-refractivity contribution in [3.05, 3.63) is 28.6 Å². The molecule has 1 aliphatic carbocycles. The van der Waals surface area contributed by atoms with Gasteiger partial charge in [-0.15, -0.1) is 0 Å². The zero-order valence-electron chi connectivity index (χ0n) is 16.2. The maximum atomic E-state index is 12.9. The molecule has 7 nitrogen and oxygen atoms in total. The minimum atomic E-state index is -0.222. The van der Waals surface area contributed by atoms with E-state index in [4.69, 9.17) is 0 Å². The van der Waals surface area contributed by atoms with Gasteiger partial charge >= 0.3 is 0 Å². The maximum Gasteiger partial charge on any atom is 0.256 e. The number of carbonyl (C=O) groups excluding carboxylic acids is 3. The third-order valence-corrected chi connectivity index (χ3v) is 6.21. The summed E-state index contributed by atoms with van der Waals surface area (Å²) in [5.74, 6) is 0.229. The van der Waals surface area contributed by atoms with Crippen molar-refractivity contribution >= 4 is 34.1 Å². The predicted octanol–water partition coefficient (Wildman–Crippen LogP) is 3.43. The van der Waals surface area contributed by atoms with E-state index in [2.05, 4.69) is 15.3 Å². The van der Waals surface area contributed by atoms with Crippen LogP contribution in [-0.2, 0) is 11.3 Å². The summed E-state index contributed by atoms with van der Waals surface area (Å²) in [6, 6.07) is 1.88. The monoisotopic (exact) mass is 398 g/mol. The van der Waals surface area contributed by atoms with Crippen molar-refractivity contribution in [2.24, 2.45) is 5.92 Å². The second-order valence-electron chi connectivity index (χ2n) is 7.52. The summed E-state index contributed by atoms with van der Waals surface area (Å²) in [4.78, 5) is 47.9. The van der Waals surface area contributed by atoms with E-state index in [0.29, 0.717) is 22.9 Å². The quantitative estimate of drug-likeness (QED) is 0.753. The molecule has 0 atom stereocenters. The van der Waals surface area contributed by atoms with Crippen LogP contribution in [0.4, 0.5) is 5.13 Å². The van der Waals surface area contributed by atoms with Crippen molar-refractivity contribution in [1.29, 1.82) is 0 Å². The normalized spacial score (nSPS) is 15.7. The third-order valence-electron chi connectivity index (χ3n) is 5.11. The number of amides is 2. The lowest BCUT2D eigenvalue weighted by Gasteiger charge is -2.14. The van der Waals surface area contributed by atoms with E-state index in [1.807, 2.05) is 17.9 Å². The standard InChI is InChI=1S/C20H22N4O3S/c1-10-18(28-20(21-10)22-12(3)26)15-8-14-9-24(7-6-13-4-5-13)19(27)16(14)17(23-15)11(2)25/h8,13H,4-7,9H2,1-3H3,(H,21,22,26). The maximum absolute atomic E-state index is 12.9. The van der Waals surface area contributed by atoms with Crippen LogP contribution in [0.3, 0.4) is 0 Å². The van der Waals surface area contributed by atoms with Crippen molar-refractivity contribution in [2.45, 2.75) is 46.6 Å². The van der Waals surface area contributed by atoms with Gasteiger partial charge in [0.15, 0.2) is 10.9 Å². The molecule has 2 aromatic rings. The molecule has 2 amide bonds. The first-order valence-corrected chi connectivity index (χ1v) is 10.2. The van der Waals surface area contributed by atoms with Gasteiger partial charge in [-0.3, -0.25) is 14.4 Å². The Hall–Kier alpha value is -2.61. The number of thiazole rings is 1. The molecule has 28 heavy (non-hydrogen) atoms. The van der Waals surface area contributed by atoms with Crippen LogP contribution in [0.5, 0.6) is 0 Å². The Balaban J connectivity index is 1.70. The highest BCUT2D eigenvalue weighted by molar-refractivity contribution is 7.19. The molecule has 0 bridgehead atoms. The number of rotatable bonds is 6. The number of hydrogen-bond donors (Lipinski definition) is 1. The Morgan fingerprint density at radius 1 is 1.29 bits per heavy atom. The summed E-state index contributed by atoms with van der Waals surface area (Å²) in [5.41, 5.74) is 2.85. The molecule has 0 saturated heterocycles. The van der Waals surface area contributed by atoms with E-state index in [0.717, 1.165) is 35.0 Å². The zero-order valence-corrected chi connectivity index (χ0v) is 17.0. The second-order valence-corrected chi connectivity index (χ2v) is 8.52. The van der Waals surface area contributed by atoms with Crippen molar-refractivity contribution in [3.63, 3.8) is 0 Å². The van der Waals surface area contributed by atoms with Crippen LogP contribution in [-0.4, -0.2) is 39.0 Å². The van der Waals surface area contributed by atoms with Crippen LogP contribution in [0.25, 0.3) is 10.6 Å². The number of nitrogens with one attached hydrogen (secondary N) is 1. The van der Waals surface area contributed by atoms with Crippen LogP contribution < -0.4 is 5.32 Å². The lowest BCUT2D eigenvalue weighted by molar-refractivity contribution is -0.114. The summed E-state index contributed by atoms with van der Waals surface area (Å²) in [6.07, 6.45) is 3.52. The fourth-order valence-corrected chi connectivity index (χ4v) is 4.50. The number of aromatic nitrogens is 2. The molecule has 0 aromatic carbocycles. The number of hydrogen-bond acceptors (Lipinski definition) is 6. The molecule has 2 aromatic heterocycles. The lowest BCUT2D eigenvalue weighted by Crippen LogP contribution is -2.26. The van der Waals surface area contributed by atoms with E-state index < -0.39 is 0 Å². The van der Waals surface area contributed by atoms with Crippen molar-refractivity contribution in [3.8, 4) is 10.6 Å². The van der Waals surface area contributed by atoms with Crippen LogP contribution in [0.15, 0.2) is 6.07 Å². The van der Waals surface area contributed by atoms with Crippen molar-refractivity contribution < 1.29 is 14.4 Å². The van der Waals surface area contributed by atoms with Crippen molar-refractivity contribution in [2.75, 3.05) is 11.9 Å². The molecule has 2 aliphatic rings.